The third-order valence-electron chi connectivity index (χ3n) is 4.25. The molecule has 1 aliphatic heterocycles. The number of benzene rings is 1. The smallest absolute Gasteiger partial charge is 0.310 e. The molecule has 2 aromatic heterocycles. The van der Waals surface area contributed by atoms with Crippen LogP contribution in [0.4, 0.5) is 19.0 Å². The van der Waals surface area contributed by atoms with E-state index in [4.69, 9.17) is 0 Å². The number of hydrogen-bond donors (Lipinski definition) is 2. The summed E-state index contributed by atoms with van der Waals surface area (Å²) in [7, 11) is 0. The van der Waals surface area contributed by atoms with Crippen molar-refractivity contribution in [1.82, 2.24) is 19.7 Å². The Hall–Kier alpha value is -2.49. The maximum absolute atomic E-state index is 13.2. The lowest BCUT2D eigenvalue weighted by Crippen LogP contribution is -2.29. The molecular weight excluding hydrogens is 367 g/mol. The van der Waals surface area contributed by atoms with Crippen LogP contribution in [0.25, 0.3) is 10.9 Å². The molecule has 0 radical (unpaired) electrons. The van der Waals surface area contributed by atoms with Gasteiger partial charge in [0, 0.05) is 10.6 Å². The molecule has 26 heavy (non-hydrogen) atoms. The Morgan fingerprint density at radius 3 is 3.00 bits per heavy atom. The van der Waals surface area contributed by atoms with Gasteiger partial charge in [0.1, 0.15) is 11.1 Å². The van der Waals surface area contributed by atoms with Crippen molar-refractivity contribution in [2.75, 3.05) is 5.32 Å². The molecule has 1 aromatic carbocycles. The number of amides is 1. The van der Waals surface area contributed by atoms with Crippen LogP contribution in [-0.2, 0) is 11.2 Å². The first kappa shape index (κ1) is 17.0. The van der Waals surface area contributed by atoms with Crippen LogP contribution in [0.3, 0.4) is 0 Å². The molecule has 0 fully saturated rings. The van der Waals surface area contributed by atoms with Crippen LogP contribution >= 0.6 is 11.8 Å². The molecular formula is C16H14F3N5OS. The van der Waals surface area contributed by atoms with Crippen LogP contribution in [0.15, 0.2) is 35.7 Å². The Morgan fingerprint density at radius 2 is 2.23 bits per heavy atom. The average Bonchev–Trinajstić information content (AvgIpc) is 3.22. The zero-order valence-electron chi connectivity index (χ0n) is 13.5. The number of H-pyrrole nitrogens is 1. The number of alkyl halides is 3. The number of carbonyl (C=O) groups is 1. The van der Waals surface area contributed by atoms with E-state index in [1.54, 1.807) is 12.3 Å². The standard InChI is InChI=1S/C16H14F3N5OS/c1-8-13(16(17,18)19)24-7-20-14(15(24)26-8)22-12(25)5-9-2-3-11-10(4-9)6-21-23-11/h2-4,6-8,13H,5H2,1H3,(H,21,23)(H,22,25). The van der Waals surface area contributed by atoms with Gasteiger partial charge in [0.25, 0.3) is 0 Å². The molecule has 3 aromatic rings. The van der Waals surface area contributed by atoms with Crippen LogP contribution in [-0.4, -0.2) is 37.1 Å². The summed E-state index contributed by atoms with van der Waals surface area (Å²) in [6, 6.07) is 3.83. The predicted molar refractivity (Wildman–Crippen MR) is 91.1 cm³/mol. The van der Waals surface area contributed by atoms with Gasteiger partial charge in [-0.2, -0.15) is 18.3 Å². The lowest BCUT2D eigenvalue weighted by atomic mass is 10.1. The molecule has 1 aliphatic rings. The second-order valence-corrected chi connectivity index (χ2v) is 7.50. The molecule has 0 saturated heterocycles. The molecule has 0 spiro atoms. The number of hydrogen-bond acceptors (Lipinski definition) is 4. The van der Waals surface area contributed by atoms with Crippen molar-refractivity contribution in [2.24, 2.45) is 0 Å². The molecule has 2 unspecified atom stereocenters. The van der Waals surface area contributed by atoms with Gasteiger partial charge in [-0.15, -0.1) is 0 Å². The van der Waals surface area contributed by atoms with Crippen molar-refractivity contribution < 1.29 is 18.0 Å². The Morgan fingerprint density at radius 1 is 1.42 bits per heavy atom. The lowest BCUT2D eigenvalue weighted by molar-refractivity contribution is -0.166. The molecule has 6 nitrogen and oxygen atoms in total. The summed E-state index contributed by atoms with van der Waals surface area (Å²) in [5.74, 6) is -0.166. The van der Waals surface area contributed by atoms with E-state index in [0.717, 1.165) is 39.1 Å². The van der Waals surface area contributed by atoms with Crippen LogP contribution < -0.4 is 5.32 Å². The first-order valence-corrected chi connectivity index (χ1v) is 8.73. The van der Waals surface area contributed by atoms with Gasteiger partial charge in [0.05, 0.1) is 24.5 Å². The summed E-state index contributed by atoms with van der Waals surface area (Å²) in [6.45, 7) is 1.52. The highest BCUT2D eigenvalue weighted by molar-refractivity contribution is 8.00. The quantitative estimate of drug-likeness (QED) is 0.728. The number of thioether (sulfide) groups is 1. The highest BCUT2D eigenvalue weighted by Gasteiger charge is 2.50. The van der Waals surface area contributed by atoms with Gasteiger partial charge < -0.3 is 9.88 Å². The number of nitrogens with zero attached hydrogens (tertiary/aromatic N) is 3. The second kappa shape index (κ2) is 6.04. The van der Waals surface area contributed by atoms with E-state index in [2.05, 4.69) is 20.5 Å². The minimum Gasteiger partial charge on any atom is -0.310 e. The molecule has 0 saturated carbocycles. The van der Waals surface area contributed by atoms with Crippen molar-refractivity contribution in [1.29, 1.82) is 0 Å². The molecule has 0 aliphatic carbocycles. The Kier molecular flexibility index (Phi) is 3.94. The lowest BCUT2D eigenvalue weighted by Gasteiger charge is -2.19. The van der Waals surface area contributed by atoms with E-state index in [1.165, 1.54) is 6.92 Å². The molecule has 4 rings (SSSR count). The summed E-state index contributed by atoms with van der Waals surface area (Å²) < 4.78 is 40.7. The molecule has 3 heterocycles. The van der Waals surface area contributed by atoms with Crippen molar-refractivity contribution in [3.05, 3.63) is 36.3 Å². The molecule has 2 N–H and O–H groups in total. The number of halogens is 3. The number of aromatic nitrogens is 4. The van der Waals surface area contributed by atoms with E-state index in [9.17, 15) is 18.0 Å². The van der Waals surface area contributed by atoms with Crippen LogP contribution in [0.5, 0.6) is 0 Å². The number of nitrogens with one attached hydrogen (secondary N) is 2. The van der Waals surface area contributed by atoms with E-state index >= 15 is 0 Å². The van der Waals surface area contributed by atoms with Gasteiger partial charge in [0.15, 0.2) is 5.82 Å². The summed E-state index contributed by atoms with van der Waals surface area (Å²) in [6.07, 6.45) is -1.47. The number of fused-ring (bicyclic) bond motifs is 2. The van der Waals surface area contributed by atoms with Crippen molar-refractivity contribution >= 4 is 34.4 Å². The fourth-order valence-electron chi connectivity index (χ4n) is 3.10. The highest BCUT2D eigenvalue weighted by Crippen LogP contribution is 2.49. The molecule has 2 atom stereocenters. The van der Waals surface area contributed by atoms with Gasteiger partial charge >= 0.3 is 6.18 Å². The fourth-order valence-corrected chi connectivity index (χ4v) is 4.37. The Balaban J connectivity index is 1.51. The van der Waals surface area contributed by atoms with Crippen LogP contribution in [0, 0.1) is 0 Å². The zero-order chi connectivity index (χ0) is 18.5. The normalized spacial score (nSPS) is 19.7. The summed E-state index contributed by atoms with van der Waals surface area (Å²) >= 11 is 1.06. The van der Waals surface area contributed by atoms with Crippen molar-refractivity contribution in [3.63, 3.8) is 0 Å². The Bertz CT molecular complexity index is 980. The van der Waals surface area contributed by atoms with E-state index in [0.29, 0.717) is 5.03 Å². The van der Waals surface area contributed by atoms with Gasteiger partial charge in [-0.25, -0.2) is 4.98 Å². The predicted octanol–water partition coefficient (Wildman–Crippen LogP) is 3.54. The largest absolute Gasteiger partial charge is 0.410 e. The molecule has 0 bridgehead atoms. The van der Waals surface area contributed by atoms with Crippen molar-refractivity contribution in [2.45, 2.75) is 35.8 Å². The number of aromatic amines is 1. The first-order chi connectivity index (χ1) is 12.3. The molecule has 1 amide bonds. The number of carbonyl (C=O) groups excluding carboxylic acids is 1. The van der Waals surface area contributed by atoms with Gasteiger partial charge in [-0.1, -0.05) is 24.8 Å². The third-order valence-corrected chi connectivity index (χ3v) is 5.51. The van der Waals surface area contributed by atoms with Gasteiger partial charge in [-0.3, -0.25) is 9.89 Å². The number of rotatable bonds is 3. The SMILES string of the molecule is CC1Sc2c(NC(=O)Cc3ccc4[nH]ncc4c3)ncn2C1C(F)(F)F. The van der Waals surface area contributed by atoms with Crippen molar-refractivity contribution in [3.8, 4) is 0 Å². The van der Waals surface area contributed by atoms with Crippen LogP contribution in [0.2, 0.25) is 0 Å². The second-order valence-electron chi connectivity index (χ2n) is 6.13. The average molecular weight is 381 g/mol. The van der Waals surface area contributed by atoms with Crippen LogP contribution in [0.1, 0.15) is 18.5 Å². The number of anilines is 1. The summed E-state index contributed by atoms with van der Waals surface area (Å²) in [5.41, 5.74) is 1.64. The first-order valence-electron chi connectivity index (χ1n) is 7.85. The maximum Gasteiger partial charge on any atom is 0.410 e. The zero-order valence-corrected chi connectivity index (χ0v) is 14.4. The Labute approximate surface area is 150 Å². The van der Waals surface area contributed by atoms with E-state index in [1.807, 2.05) is 12.1 Å². The number of imidazole rings is 1. The third kappa shape index (κ3) is 2.94. The summed E-state index contributed by atoms with van der Waals surface area (Å²) in [5, 5.41) is 9.92. The van der Waals surface area contributed by atoms with E-state index < -0.39 is 17.5 Å². The molecule has 10 heteroatoms. The van der Waals surface area contributed by atoms with Gasteiger partial charge in [-0.05, 0) is 17.7 Å². The molecule has 136 valence electrons. The topological polar surface area (TPSA) is 75.6 Å². The minimum atomic E-state index is -4.36. The monoisotopic (exact) mass is 381 g/mol. The maximum atomic E-state index is 13.2. The fraction of sp³-hybridized carbons (Fsp3) is 0.312. The minimum absolute atomic E-state index is 0.0936. The van der Waals surface area contributed by atoms with Gasteiger partial charge in [0.2, 0.25) is 5.91 Å². The summed E-state index contributed by atoms with van der Waals surface area (Å²) in [4.78, 5) is 16.3. The highest BCUT2D eigenvalue weighted by atomic mass is 32.2. The van der Waals surface area contributed by atoms with E-state index in [-0.39, 0.29) is 18.1 Å².